The molecular formula is H7Br7Re. The zero-order valence-corrected chi connectivity index (χ0v) is 17.9. The third-order valence-corrected chi connectivity index (χ3v) is 0. The van der Waals surface area contributed by atoms with Crippen LogP contribution in [0.5, 0.6) is 0 Å². The van der Waals surface area contributed by atoms with E-state index in [0.717, 1.165) is 0 Å². The summed E-state index contributed by atoms with van der Waals surface area (Å²) in [5, 5.41) is 0. The molecule has 0 N–H and O–H groups in total. The monoisotopic (exact) mass is 746 g/mol. The van der Waals surface area contributed by atoms with Gasteiger partial charge in [0, 0.05) is 20.4 Å². The van der Waals surface area contributed by atoms with Crippen LogP contribution < -0.4 is 0 Å². The fourth-order valence-corrected chi connectivity index (χ4v) is 0. The van der Waals surface area contributed by atoms with E-state index < -0.39 is 0 Å². The van der Waals surface area contributed by atoms with Gasteiger partial charge in [0.2, 0.25) is 0 Å². The minimum atomic E-state index is 0. The Morgan fingerprint density at radius 3 is 0.250 bits per heavy atom. The maximum absolute atomic E-state index is 0. The fourth-order valence-electron chi connectivity index (χ4n) is 0. The summed E-state index contributed by atoms with van der Waals surface area (Å²) >= 11 is 0. The first-order valence-electron chi connectivity index (χ1n) is 0. The van der Waals surface area contributed by atoms with E-state index in [2.05, 4.69) is 0 Å². The van der Waals surface area contributed by atoms with E-state index in [4.69, 9.17) is 0 Å². The third-order valence-electron chi connectivity index (χ3n) is 0. The molecule has 0 aliphatic rings. The maximum Gasteiger partial charge on any atom is 0 e. The SMILES string of the molecule is Br.Br.Br.Br.Br.Br.Br.[Re]. The normalized spacial score (nSPS) is 0. The number of hydrogen-bond acceptors (Lipinski definition) is 0. The predicted octanol–water partition coefficient (Wildman–Crippen LogP) is 4.04. The van der Waals surface area contributed by atoms with E-state index in [1.54, 1.807) is 0 Å². The van der Waals surface area contributed by atoms with Crippen molar-refractivity contribution in [1.29, 1.82) is 0 Å². The fraction of sp³-hybridized carbons (Fsp3) is 0. The number of rotatable bonds is 0. The Hall–Kier alpha value is 4.02. The van der Waals surface area contributed by atoms with Crippen molar-refractivity contribution in [3.05, 3.63) is 0 Å². The van der Waals surface area contributed by atoms with Crippen LogP contribution in [0.4, 0.5) is 0 Å². The maximum atomic E-state index is 0. The molecule has 0 saturated heterocycles. The van der Waals surface area contributed by atoms with Crippen LogP contribution in [-0.2, 0) is 20.4 Å². The smallest absolute Gasteiger partial charge is 0 e. The van der Waals surface area contributed by atoms with Gasteiger partial charge in [-0.25, -0.2) is 0 Å². The minimum Gasteiger partial charge on any atom is -0.114 e. The molecule has 0 aliphatic carbocycles. The van der Waals surface area contributed by atoms with Crippen LogP contribution in [0.3, 0.4) is 0 Å². The summed E-state index contributed by atoms with van der Waals surface area (Å²) in [5.41, 5.74) is 0. The molecule has 0 atom stereocenters. The minimum absolute atomic E-state index is 0. The summed E-state index contributed by atoms with van der Waals surface area (Å²) in [7, 11) is 0. The molecule has 0 rings (SSSR count). The average molecular weight is 753 g/mol. The van der Waals surface area contributed by atoms with Gasteiger partial charge in [-0.2, -0.15) is 0 Å². The van der Waals surface area contributed by atoms with Gasteiger partial charge in [0.25, 0.3) is 0 Å². The molecule has 0 saturated carbocycles. The van der Waals surface area contributed by atoms with Crippen LogP contribution >= 0.6 is 119 Å². The molecule has 0 nitrogen and oxygen atoms in total. The molecule has 8 heavy (non-hydrogen) atoms. The summed E-state index contributed by atoms with van der Waals surface area (Å²) in [6.07, 6.45) is 0. The Morgan fingerprint density at radius 2 is 0.250 bits per heavy atom. The topological polar surface area (TPSA) is 0 Å². The molecular weight excluding hydrogens is 746 g/mol. The molecule has 0 aliphatic heterocycles. The second-order valence-electron chi connectivity index (χ2n) is 0. The molecule has 0 fully saturated rings. The molecule has 0 heterocycles. The van der Waals surface area contributed by atoms with Gasteiger partial charge in [0.05, 0.1) is 0 Å². The Bertz CT molecular complexity index is 4.35. The molecule has 63 valence electrons. The first kappa shape index (κ1) is 90.3. The third kappa shape index (κ3) is 50.4. The zero-order valence-electron chi connectivity index (χ0n) is 3.24. The molecule has 8 heteroatoms. The van der Waals surface area contributed by atoms with Crippen molar-refractivity contribution < 1.29 is 20.4 Å². The van der Waals surface area contributed by atoms with E-state index in [1.165, 1.54) is 0 Å². The molecule has 0 aromatic rings. The molecule has 0 bridgehead atoms. The number of hydrogen-bond donors (Lipinski definition) is 0. The molecule has 0 amide bonds. The van der Waals surface area contributed by atoms with Gasteiger partial charge in [0.15, 0.2) is 0 Å². The van der Waals surface area contributed by atoms with E-state index in [1.807, 2.05) is 0 Å². The quantitative estimate of drug-likeness (QED) is 0.351. The van der Waals surface area contributed by atoms with Gasteiger partial charge in [-0.05, 0) is 0 Å². The molecule has 0 spiro atoms. The van der Waals surface area contributed by atoms with Gasteiger partial charge in [0.1, 0.15) is 0 Å². The summed E-state index contributed by atoms with van der Waals surface area (Å²) in [6.45, 7) is 0. The predicted molar refractivity (Wildman–Crippen MR) is 72.3 cm³/mol. The van der Waals surface area contributed by atoms with Gasteiger partial charge in [-0.3, -0.25) is 0 Å². The van der Waals surface area contributed by atoms with E-state index >= 15 is 0 Å². The van der Waals surface area contributed by atoms with Crippen LogP contribution in [0.1, 0.15) is 0 Å². The summed E-state index contributed by atoms with van der Waals surface area (Å²) in [4.78, 5) is 0. The first-order chi connectivity index (χ1) is 0. The molecule has 1 radical (unpaired) electrons. The molecule has 0 aromatic heterocycles. The Kier molecular flexibility index (Phi) is 772. The van der Waals surface area contributed by atoms with Gasteiger partial charge in [-0.15, -0.1) is 119 Å². The van der Waals surface area contributed by atoms with Crippen LogP contribution in [0.2, 0.25) is 0 Å². The van der Waals surface area contributed by atoms with Crippen molar-refractivity contribution in [3.63, 3.8) is 0 Å². The second kappa shape index (κ2) is 68.4. The van der Waals surface area contributed by atoms with Crippen molar-refractivity contribution >= 4 is 119 Å². The van der Waals surface area contributed by atoms with Gasteiger partial charge < -0.3 is 0 Å². The van der Waals surface area contributed by atoms with Crippen LogP contribution in [0.25, 0.3) is 0 Å². The van der Waals surface area contributed by atoms with Crippen LogP contribution in [0.15, 0.2) is 0 Å². The van der Waals surface area contributed by atoms with Crippen molar-refractivity contribution in [2.24, 2.45) is 0 Å². The van der Waals surface area contributed by atoms with Crippen molar-refractivity contribution in [1.82, 2.24) is 0 Å². The molecule has 0 aromatic carbocycles. The largest absolute Gasteiger partial charge is 0.114 e. The van der Waals surface area contributed by atoms with E-state index in [0.29, 0.717) is 0 Å². The molecule has 0 unspecified atom stereocenters. The van der Waals surface area contributed by atoms with E-state index in [-0.39, 0.29) is 139 Å². The van der Waals surface area contributed by atoms with Crippen LogP contribution in [0, 0.1) is 0 Å². The standard InChI is InChI=1S/7BrH.Re/h7*1H;. The van der Waals surface area contributed by atoms with Crippen LogP contribution in [-0.4, -0.2) is 0 Å². The summed E-state index contributed by atoms with van der Waals surface area (Å²) in [5.74, 6) is 0. The van der Waals surface area contributed by atoms with Crippen molar-refractivity contribution in [3.8, 4) is 0 Å². The summed E-state index contributed by atoms with van der Waals surface area (Å²) in [6, 6.07) is 0. The van der Waals surface area contributed by atoms with Crippen molar-refractivity contribution in [2.45, 2.75) is 0 Å². The Labute approximate surface area is 137 Å². The van der Waals surface area contributed by atoms with Gasteiger partial charge >= 0.3 is 0 Å². The average Bonchev–Trinajstić information content (AvgIpc) is 0. The second-order valence-corrected chi connectivity index (χ2v) is 0. The summed E-state index contributed by atoms with van der Waals surface area (Å²) < 4.78 is 0. The van der Waals surface area contributed by atoms with Crippen molar-refractivity contribution in [2.75, 3.05) is 0 Å². The first-order valence-corrected chi connectivity index (χ1v) is 0. The van der Waals surface area contributed by atoms with E-state index in [9.17, 15) is 0 Å². The Balaban J connectivity index is 0. The number of halogens is 7. The van der Waals surface area contributed by atoms with Gasteiger partial charge in [-0.1, -0.05) is 0 Å². The Morgan fingerprint density at radius 1 is 0.250 bits per heavy atom. The zero-order chi connectivity index (χ0) is 0.